The number of benzene rings is 3. The zero-order valence-corrected chi connectivity index (χ0v) is 22.2. The molecule has 38 heavy (non-hydrogen) atoms. The van der Waals surface area contributed by atoms with Crippen LogP contribution in [-0.2, 0) is 11.3 Å². The highest BCUT2D eigenvalue weighted by molar-refractivity contribution is 8.04. The third kappa shape index (κ3) is 6.52. The van der Waals surface area contributed by atoms with Crippen molar-refractivity contribution >= 4 is 35.3 Å². The summed E-state index contributed by atoms with van der Waals surface area (Å²) in [4.78, 5) is 32.3. The summed E-state index contributed by atoms with van der Waals surface area (Å²) < 4.78 is 13.5. The summed E-state index contributed by atoms with van der Waals surface area (Å²) in [5, 5.41) is 3.05. The van der Waals surface area contributed by atoms with Gasteiger partial charge >= 0.3 is 0 Å². The Labute approximate surface area is 227 Å². The van der Waals surface area contributed by atoms with Crippen molar-refractivity contribution in [2.24, 2.45) is 0 Å². The van der Waals surface area contributed by atoms with Crippen LogP contribution in [0.4, 0.5) is 10.1 Å². The number of hydrogen-bond donors (Lipinski definition) is 1. The second kappa shape index (κ2) is 12.4. The third-order valence-corrected chi connectivity index (χ3v) is 8.03. The molecule has 7 heteroatoms. The van der Waals surface area contributed by atoms with E-state index >= 15 is 0 Å². The molecule has 196 valence electrons. The van der Waals surface area contributed by atoms with Crippen molar-refractivity contribution in [1.29, 1.82) is 0 Å². The molecule has 0 atom stereocenters. The number of likely N-dealkylation sites (tertiary alicyclic amines) is 1. The molecular weight excluding hydrogens is 497 g/mol. The molecule has 2 heterocycles. The number of carbonyl (C=O) groups excluding carboxylic acids is 2. The number of rotatable bonds is 7. The molecule has 0 spiro atoms. The molecule has 5 nitrogen and oxygen atoms in total. The quantitative estimate of drug-likeness (QED) is 0.375. The van der Waals surface area contributed by atoms with Gasteiger partial charge in [0.2, 0.25) is 0 Å². The molecule has 0 saturated carbocycles. The minimum absolute atomic E-state index is 0.144. The molecule has 2 aliphatic heterocycles. The Bertz CT molecular complexity index is 1300. The highest BCUT2D eigenvalue weighted by atomic mass is 32.2. The molecule has 0 aromatic heterocycles. The summed E-state index contributed by atoms with van der Waals surface area (Å²) >= 11 is 1.41. The predicted octanol–water partition coefficient (Wildman–Crippen LogP) is 6.11. The fraction of sp³-hybridized carbons (Fsp3) is 0.290. The minimum atomic E-state index is -0.321. The van der Waals surface area contributed by atoms with E-state index < -0.39 is 0 Å². The molecule has 0 radical (unpaired) electrons. The van der Waals surface area contributed by atoms with Crippen LogP contribution in [-0.4, -0.2) is 42.9 Å². The van der Waals surface area contributed by atoms with Crippen molar-refractivity contribution in [2.75, 3.05) is 31.1 Å². The smallest absolute Gasteiger partial charge is 0.265 e. The van der Waals surface area contributed by atoms with Crippen LogP contribution >= 0.6 is 11.8 Å². The van der Waals surface area contributed by atoms with Gasteiger partial charge in [-0.2, -0.15) is 0 Å². The van der Waals surface area contributed by atoms with Crippen molar-refractivity contribution in [1.82, 2.24) is 10.2 Å². The van der Waals surface area contributed by atoms with Gasteiger partial charge in [0.15, 0.2) is 0 Å². The van der Waals surface area contributed by atoms with Gasteiger partial charge < -0.3 is 15.1 Å². The third-order valence-electron chi connectivity index (χ3n) is 6.95. The van der Waals surface area contributed by atoms with Crippen molar-refractivity contribution in [3.8, 4) is 0 Å². The summed E-state index contributed by atoms with van der Waals surface area (Å²) in [7, 11) is 0. The van der Waals surface area contributed by atoms with Gasteiger partial charge in [-0.3, -0.25) is 9.59 Å². The first-order valence-electron chi connectivity index (χ1n) is 13.2. The summed E-state index contributed by atoms with van der Waals surface area (Å²) in [5.41, 5.74) is 2.96. The molecule has 0 unspecified atom stereocenters. The molecule has 2 aliphatic rings. The van der Waals surface area contributed by atoms with Gasteiger partial charge in [-0.25, -0.2) is 4.39 Å². The van der Waals surface area contributed by atoms with E-state index in [1.54, 1.807) is 23.1 Å². The number of nitrogens with zero attached hydrogens (tertiary/aromatic N) is 2. The number of carbonyl (C=O) groups is 2. The number of anilines is 1. The zero-order chi connectivity index (χ0) is 26.3. The van der Waals surface area contributed by atoms with Gasteiger partial charge in [-0.1, -0.05) is 67.1 Å². The monoisotopic (exact) mass is 529 g/mol. The maximum absolute atomic E-state index is 13.7. The van der Waals surface area contributed by atoms with E-state index in [2.05, 4.69) is 10.2 Å². The highest BCUT2D eigenvalue weighted by Crippen LogP contribution is 2.43. The summed E-state index contributed by atoms with van der Waals surface area (Å²) in [6.45, 7) is 3.89. The Morgan fingerprint density at radius 1 is 0.947 bits per heavy atom. The minimum Gasteiger partial charge on any atom is -0.351 e. The van der Waals surface area contributed by atoms with E-state index in [9.17, 15) is 14.0 Å². The molecule has 3 aromatic carbocycles. The Morgan fingerprint density at radius 2 is 1.68 bits per heavy atom. The van der Waals surface area contributed by atoms with Crippen molar-refractivity contribution in [3.05, 3.63) is 100 Å². The van der Waals surface area contributed by atoms with Crippen LogP contribution in [0.5, 0.6) is 0 Å². The Kier molecular flexibility index (Phi) is 8.56. The molecule has 0 bridgehead atoms. The molecule has 5 rings (SSSR count). The van der Waals surface area contributed by atoms with Gasteiger partial charge in [0, 0.05) is 23.5 Å². The van der Waals surface area contributed by atoms with Gasteiger partial charge in [0.25, 0.3) is 11.8 Å². The van der Waals surface area contributed by atoms with E-state index in [-0.39, 0.29) is 24.2 Å². The van der Waals surface area contributed by atoms with E-state index in [0.29, 0.717) is 22.7 Å². The normalized spacial score (nSPS) is 17.2. The van der Waals surface area contributed by atoms with Crippen LogP contribution in [0.15, 0.2) is 82.6 Å². The topological polar surface area (TPSA) is 52.7 Å². The van der Waals surface area contributed by atoms with E-state index in [1.807, 2.05) is 48.5 Å². The van der Waals surface area contributed by atoms with E-state index in [4.69, 9.17) is 0 Å². The molecular formula is C31H32FN3O2S. The zero-order valence-electron chi connectivity index (χ0n) is 21.4. The molecule has 0 aliphatic carbocycles. The average molecular weight is 530 g/mol. The van der Waals surface area contributed by atoms with Crippen LogP contribution in [0.1, 0.15) is 47.2 Å². The van der Waals surface area contributed by atoms with E-state index in [0.717, 1.165) is 35.7 Å². The number of thioether (sulfide) groups is 1. The van der Waals surface area contributed by atoms with E-state index in [1.165, 1.54) is 49.6 Å². The maximum Gasteiger partial charge on any atom is 0.265 e. The Balaban J connectivity index is 1.37. The largest absolute Gasteiger partial charge is 0.351 e. The lowest BCUT2D eigenvalue weighted by Gasteiger charge is -2.31. The van der Waals surface area contributed by atoms with Crippen molar-refractivity contribution in [2.45, 2.75) is 37.1 Å². The lowest BCUT2D eigenvalue weighted by molar-refractivity contribution is -0.114. The summed E-state index contributed by atoms with van der Waals surface area (Å²) in [5.74, 6) is -0.611. The van der Waals surface area contributed by atoms with Gasteiger partial charge in [-0.05, 0) is 73.5 Å². The van der Waals surface area contributed by atoms with Crippen LogP contribution in [0, 0.1) is 5.82 Å². The lowest BCUT2D eigenvalue weighted by atomic mass is 10.1. The fourth-order valence-electron chi connectivity index (χ4n) is 4.87. The van der Waals surface area contributed by atoms with Gasteiger partial charge in [-0.15, -0.1) is 0 Å². The first-order valence-corrected chi connectivity index (χ1v) is 14.0. The molecule has 1 fully saturated rings. The highest BCUT2D eigenvalue weighted by Gasteiger charge is 2.30. The lowest BCUT2D eigenvalue weighted by Crippen LogP contribution is -2.36. The number of nitrogens with one attached hydrogen (secondary N) is 1. The summed E-state index contributed by atoms with van der Waals surface area (Å²) in [6, 6.07) is 21.4. The van der Waals surface area contributed by atoms with Gasteiger partial charge in [0.05, 0.1) is 17.1 Å². The molecule has 1 N–H and O–H groups in total. The first kappa shape index (κ1) is 26.2. The number of fused-ring (bicyclic) bond motifs is 1. The average Bonchev–Trinajstić information content (AvgIpc) is 3.21. The molecule has 3 aromatic rings. The maximum atomic E-state index is 13.7. The fourth-order valence-corrected chi connectivity index (χ4v) is 5.91. The van der Waals surface area contributed by atoms with Crippen LogP contribution < -0.4 is 10.2 Å². The standard InChI is InChI=1S/C31H32FN3O2S/c32-26-13-10-24(11-14-26)22-35-27-21-25(30(36)33-16-19-34-17-6-1-2-7-18-34)12-15-28(27)38-29(31(35)37)20-23-8-4-3-5-9-23/h3-5,8-15,20-21H,1-2,6-7,16-19,22H2,(H,33,36)/b29-20-. The number of amides is 2. The predicted molar refractivity (Wildman–Crippen MR) is 152 cm³/mol. The second-order valence-corrected chi connectivity index (χ2v) is 10.8. The van der Waals surface area contributed by atoms with Crippen molar-refractivity contribution < 1.29 is 14.0 Å². The Hall–Kier alpha value is -3.42. The second-order valence-electron chi connectivity index (χ2n) is 9.73. The van der Waals surface area contributed by atoms with Crippen LogP contribution in [0.3, 0.4) is 0 Å². The Morgan fingerprint density at radius 3 is 2.42 bits per heavy atom. The molecule has 1 saturated heterocycles. The number of halogens is 1. The summed E-state index contributed by atoms with van der Waals surface area (Å²) in [6.07, 6.45) is 6.89. The number of hydrogen-bond acceptors (Lipinski definition) is 4. The van der Waals surface area contributed by atoms with Crippen LogP contribution in [0.2, 0.25) is 0 Å². The van der Waals surface area contributed by atoms with Gasteiger partial charge in [0.1, 0.15) is 5.82 Å². The first-order chi connectivity index (χ1) is 18.6. The van der Waals surface area contributed by atoms with Crippen LogP contribution in [0.25, 0.3) is 6.08 Å². The molecule has 2 amide bonds. The van der Waals surface area contributed by atoms with Crippen molar-refractivity contribution in [3.63, 3.8) is 0 Å². The SMILES string of the molecule is O=C(NCCN1CCCCCC1)c1ccc2c(c1)N(Cc1ccc(F)cc1)C(=O)/C(=C/c1ccccc1)S2.